The lowest BCUT2D eigenvalue weighted by molar-refractivity contribution is -0.147. The van der Waals surface area contributed by atoms with Crippen molar-refractivity contribution in [1.29, 1.82) is 0 Å². The van der Waals surface area contributed by atoms with E-state index in [1.54, 1.807) is 24.3 Å². The Morgan fingerprint density at radius 2 is 1.88 bits per heavy atom. The Kier molecular flexibility index (Phi) is 7.04. The van der Waals surface area contributed by atoms with Gasteiger partial charge in [0.25, 0.3) is 5.91 Å². The molecule has 0 saturated carbocycles. The van der Waals surface area contributed by atoms with Crippen molar-refractivity contribution < 1.29 is 27.9 Å². The second kappa shape index (κ2) is 9.47. The number of carbonyl (C=O) groups is 2. The Bertz CT molecular complexity index is 756. The highest BCUT2D eigenvalue weighted by atomic mass is 19.2. The lowest BCUT2D eigenvalue weighted by atomic mass is 9.96. The van der Waals surface area contributed by atoms with E-state index < -0.39 is 23.6 Å². The molecule has 138 valence electrons. The lowest BCUT2D eigenvalue weighted by Gasteiger charge is -2.14. The summed E-state index contributed by atoms with van der Waals surface area (Å²) in [4.78, 5) is 23.2. The number of ether oxygens (including phenoxy) is 2. The minimum absolute atomic E-state index is 0.189. The van der Waals surface area contributed by atoms with E-state index in [4.69, 9.17) is 15.2 Å². The number of esters is 1. The fourth-order valence-corrected chi connectivity index (χ4v) is 2.28. The number of nitrogens with two attached hydrogens (primary N) is 1. The van der Waals surface area contributed by atoms with Gasteiger partial charge in [-0.05, 0) is 35.4 Å². The smallest absolute Gasteiger partial charge is 0.344 e. The van der Waals surface area contributed by atoms with E-state index in [1.165, 1.54) is 6.07 Å². The van der Waals surface area contributed by atoms with Crippen molar-refractivity contribution in [2.45, 2.75) is 12.5 Å². The zero-order valence-corrected chi connectivity index (χ0v) is 13.8. The second-order valence-electron chi connectivity index (χ2n) is 5.40. The third kappa shape index (κ3) is 5.52. The Labute approximate surface area is 148 Å². The molecule has 2 aromatic rings. The molecule has 3 N–H and O–H groups in total. The van der Waals surface area contributed by atoms with Crippen LogP contribution in [0.5, 0.6) is 5.75 Å². The van der Waals surface area contributed by atoms with Crippen LogP contribution in [0.4, 0.5) is 8.87 Å². The number of rotatable bonds is 8. The van der Waals surface area contributed by atoms with Crippen molar-refractivity contribution in [3.8, 4) is 5.75 Å². The van der Waals surface area contributed by atoms with Crippen LogP contribution < -0.4 is 16.0 Å². The Hall–Kier alpha value is -3.00. The number of halogens is 2. The van der Waals surface area contributed by atoms with Gasteiger partial charge < -0.3 is 15.2 Å². The van der Waals surface area contributed by atoms with E-state index in [1.807, 2.05) is 6.07 Å². The molecule has 0 saturated heterocycles. The van der Waals surface area contributed by atoms with Gasteiger partial charge in [0.05, 0.1) is 5.92 Å². The molecule has 2 aromatic carbocycles. The number of amides is 1. The van der Waals surface area contributed by atoms with Gasteiger partial charge in [0, 0.05) is 6.54 Å². The Morgan fingerprint density at radius 3 is 2.54 bits per heavy atom. The van der Waals surface area contributed by atoms with Crippen molar-refractivity contribution >= 4 is 11.9 Å². The van der Waals surface area contributed by atoms with Crippen LogP contribution in [-0.2, 0) is 20.9 Å². The highest BCUT2D eigenvalue weighted by Gasteiger charge is 2.20. The van der Waals surface area contributed by atoms with Crippen molar-refractivity contribution in [2.24, 2.45) is 5.73 Å². The second-order valence-corrected chi connectivity index (χ2v) is 5.40. The summed E-state index contributed by atoms with van der Waals surface area (Å²) in [5, 5.41) is 0. The van der Waals surface area contributed by atoms with Crippen LogP contribution in [0, 0.1) is 5.82 Å². The molecule has 0 aliphatic rings. The molecule has 0 aromatic heterocycles. The highest BCUT2D eigenvalue weighted by Crippen LogP contribution is 2.19. The quantitative estimate of drug-likeness (QED) is 0.552. The first-order chi connectivity index (χ1) is 12.5. The first kappa shape index (κ1) is 19.3. The average Bonchev–Trinajstić information content (AvgIpc) is 2.65. The minimum Gasteiger partial charge on any atom is -0.482 e. The van der Waals surface area contributed by atoms with Crippen LogP contribution in [0.1, 0.15) is 17.0 Å². The maximum Gasteiger partial charge on any atom is 0.344 e. The van der Waals surface area contributed by atoms with E-state index in [-0.39, 0.29) is 25.3 Å². The van der Waals surface area contributed by atoms with E-state index in [2.05, 4.69) is 0 Å². The Morgan fingerprint density at radius 1 is 1.15 bits per heavy atom. The normalized spacial score (nSPS) is 11.5. The topological polar surface area (TPSA) is 90.7 Å². The molecule has 8 heteroatoms. The molecule has 0 heterocycles. The predicted molar refractivity (Wildman–Crippen MR) is 89.2 cm³/mol. The van der Waals surface area contributed by atoms with Crippen molar-refractivity contribution in [1.82, 2.24) is 5.54 Å². The predicted octanol–water partition coefficient (Wildman–Crippen LogP) is 1.99. The van der Waals surface area contributed by atoms with Crippen molar-refractivity contribution in [3.05, 3.63) is 65.5 Å². The first-order valence-electron chi connectivity index (χ1n) is 7.77. The number of benzene rings is 2. The van der Waals surface area contributed by atoms with Gasteiger partial charge in [-0.2, -0.15) is 5.54 Å². The molecule has 1 amide bonds. The van der Waals surface area contributed by atoms with Gasteiger partial charge in [-0.1, -0.05) is 24.3 Å². The van der Waals surface area contributed by atoms with E-state index in [0.29, 0.717) is 11.3 Å². The molecule has 0 bridgehead atoms. The standard InChI is InChI=1S/C18H18F2N2O4/c19-14-7-12(6-13(8-14)16(9-21)18(24)22-20)10-26-17(23)11-25-15-4-2-1-3-5-15/h1-8,16H,9-11,21H2,(H,22,24). The van der Waals surface area contributed by atoms with Gasteiger partial charge in [0.2, 0.25) is 0 Å². The summed E-state index contributed by atoms with van der Waals surface area (Å²) in [6, 6.07) is 12.4. The molecule has 0 aliphatic heterocycles. The van der Waals surface area contributed by atoms with Crippen LogP contribution in [0.2, 0.25) is 0 Å². The molecular formula is C18H18F2N2O4. The first-order valence-corrected chi connectivity index (χ1v) is 7.77. The fraction of sp³-hybridized carbons (Fsp3) is 0.222. The summed E-state index contributed by atoms with van der Waals surface area (Å²) >= 11 is 0. The summed E-state index contributed by atoms with van der Waals surface area (Å²) < 4.78 is 36.4. The lowest BCUT2D eigenvalue weighted by Crippen LogP contribution is -2.29. The minimum atomic E-state index is -1.05. The molecule has 6 nitrogen and oxygen atoms in total. The van der Waals surface area contributed by atoms with Crippen LogP contribution in [0.3, 0.4) is 0 Å². The van der Waals surface area contributed by atoms with Gasteiger partial charge in [0.15, 0.2) is 6.61 Å². The summed E-state index contributed by atoms with van der Waals surface area (Å²) in [7, 11) is 0. The van der Waals surface area contributed by atoms with Crippen molar-refractivity contribution in [2.75, 3.05) is 13.2 Å². The number of para-hydroxylation sites is 1. The zero-order valence-electron chi connectivity index (χ0n) is 13.8. The molecule has 2 rings (SSSR count). The van der Waals surface area contributed by atoms with E-state index >= 15 is 0 Å². The SMILES string of the molecule is NCC(C(=O)NF)c1cc(F)cc(COC(=O)COc2ccccc2)c1. The third-order valence-electron chi connectivity index (χ3n) is 3.53. The van der Waals surface area contributed by atoms with Crippen LogP contribution >= 0.6 is 0 Å². The van der Waals surface area contributed by atoms with E-state index in [9.17, 15) is 18.5 Å². The third-order valence-corrected chi connectivity index (χ3v) is 3.53. The summed E-state index contributed by atoms with van der Waals surface area (Å²) in [6.45, 7) is -0.735. The van der Waals surface area contributed by atoms with Gasteiger partial charge in [-0.15, -0.1) is 4.48 Å². The monoisotopic (exact) mass is 364 g/mol. The molecule has 0 fully saturated rings. The number of hydrogen-bond acceptors (Lipinski definition) is 5. The Balaban J connectivity index is 1.96. The maximum atomic E-state index is 13.8. The highest BCUT2D eigenvalue weighted by molar-refractivity contribution is 5.83. The maximum absolute atomic E-state index is 13.8. The molecule has 1 unspecified atom stereocenters. The summed E-state index contributed by atoms with van der Waals surface area (Å²) in [5.41, 5.74) is 6.93. The number of nitrogens with one attached hydrogen (secondary N) is 1. The fourth-order valence-electron chi connectivity index (χ4n) is 2.28. The van der Waals surface area contributed by atoms with E-state index in [0.717, 1.165) is 17.7 Å². The molecule has 0 radical (unpaired) electrons. The molecule has 0 spiro atoms. The number of hydrogen-bond donors (Lipinski definition) is 2. The largest absolute Gasteiger partial charge is 0.482 e. The van der Waals surface area contributed by atoms with Crippen LogP contribution in [0.15, 0.2) is 48.5 Å². The van der Waals surface area contributed by atoms with Gasteiger partial charge in [-0.25, -0.2) is 9.18 Å². The average molecular weight is 364 g/mol. The number of carbonyl (C=O) groups excluding carboxylic acids is 2. The van der Waals surface area contributed by atoms with Gasteiger partial charge in [0.1, 0.15) is 18.2 Å². The van der Waals surface area contributed by atoms with Gasteiger partial charge in [-0.3, -0.25) is 4.79 Å². The molecule has 0 aliphatic carbocycles. The zero-order chi connectivity index (χ0) is 18.9. The van der Waals surface area contributed by atoms with Crippen LogP contribution in [-0.4, -0.2) is 25.0 Å². The summed E-state index contributed by atoms with van der Waals surface area (Å²) in [5.74, 6) is -2.81. The summed E-state index contributed by atoms with van der Waals surface area (Å²) in [6.07, 6.45) is 0. The van der Waals surface area contributed by atoms with Crippen molar-refractivity contribution in [3.63, 3.8) is 0 Å². The van der Waals surface area contributed by atoms with Crippen LogP contribution in [0.25, 0.3) is 0 Å². The molecule has 1 atom stereocenters. The van der Waals surface area contributed by atoms with Gasteiger partial charge >= 0.3 is 5.97 Å². The molecule has 26 heavy (non-hydrogen) atoms. The molecular weight excluding hydrogens is 346 g/mol.